The van der Waals surface area contributed by atoms with Crippen molar-refractivity contribution in [1.29, 1.82) is 0 Å². The summed E-state index contributed by atoms with van der Waals surface area (Å²) in [6.45, 7) is 6.63. The van der Waals surface area contributed by atoms with Crippen LogP contribution in [0.15, 0.2) is 0 Å². The summed E-state index contributed by atoms with van der Waals surface area (Å²) >= 11 is 0. The van der Waals surface area contributed by atoms with Crippen LogP contribution in [-0.2, 0) is 9.53 Å². The Balaban J connectivity index is 2.62. The Morgan fingerprint density at radius 3 is 2.27 bits per heavy atom. The molecule has 0 saturated carbocycles. The summed E-state index contributed by atoms with van der Waals surface area (Å²) in [4.78, 5) is 11.6. The lowest BCUT2D eigenvalue weighted by atomic mass is 9.82. The second-order valence-corrected chi connectivity index (χ2v) is 3.47. The van der Waals surface area contributed by atoms with Crippen LogP contribution >= 0.6 is 0 Å². The molecular formula is C9H16O2. The van der Waals surface area contributed by atoms with Crippen LogP contribution < -0.4 is 0 Å². The van der Waals surface area contributed by atoms with Crippen LogP contribution in [0.5, 0.6) is 0 Å². The highest BCUT2D eigenvalue weighted by Gasteiger charge is 2.44. The van der Waals surface area contributed by atoms with Gasteiger partial charge in [-0.3, -0.25) is 4.79 Å². The number of Topliss-reactive ketones (excluding diaryl/α,β-unsaturated/α-hetero) is 1. The Labute approximate surface area is 67.9 Å². The zero-order valence-electron chi connectivity index (χ0n) is 7.52. The van der Waals surface area contributed by atoms with Crippen molar-refractivity contribution in [2.45, 2.75) is 39.2 Å². The predicted molar refractivity (Wildman–Crippen MR) is 43.4 cm³/mol. The van der Waals surface area contributed by atoms with E-state index in [-0.39, 0.29) is 11.7 Å². The molecule has 0 N–H and O–H groups in total. The molecule has 2 nitrogen and oxygen atoms in total. The maximum atomic E-state index is 11.6. The summed E-state index contributed by atoms with van der Waals surface area (Å²) in [5.74, 6) is 0.376. The quantitative estimate of drug-likeness (QED) is 0.622. The summed E-state index contributed by atoms with van der Waals surface area (Å²) < 4.78 is 5.34. The van der Waals surface area contributed by atoms with E-state index in [1.807, 2.05) is 20.8 Å². The molecule has 1 fully saturated rings. The van der Waals surface area contributed by atoms with Gasteiger partial charge in [-0.2, -0.15) is 0 Å². The van der Waals surface area contributed by atoms with Crippen LogP contribution in [0, 0.1) is 5.92 Å². The van der Waals surface area contributed by atoms with Crippen molar-refractivity contribution < 1.29 is 9.53 Å². The summed E-state index contributed by atoms with van der Waals surface area (Å²) in [5.41, 5.74) is -0.395. The molecule has 0 aliphatic carbocycles. The average molecular weight is 156 g/mol. The number of ketones is 1. The molecule has 0 aromatic rings. The number of hydrogen-bond acceptors (Lipinski definition) is 2. The van der Waals surface area contributed by atoms with Gasteiger partial charge in [0.05, 0.1) is 6.61 Å². The Morgan fingerprint density at radius 2 is 2.18 bits per heavy atom. The van der Waals surface area contributed by atoms with Crippen molar-refractivity contribution in [3.05, 3.63) is 0 Å². The highest BCUT2D eigenvalue weighted by atomic mass is 16.5. The molecule has 1 atom stereocenters. The van der Waals surface area contributed by atoms with E-state index >= 15 is 0 Å². The van der Waals surface area contributed by atoms with Gasteiger partial charge in [0.2, 0.25) is 0 Å². The van der Waals surface area contributed by atoms with Crippen LogP contribution in [0.25, 0.3) is 0 Å². The van der Waals surface area contributed by atoms with Gasteiger partial charge in [-0.15, -0.1) is 0 Å². The SMILES string of the molecule is CCC1(C(=O)C(C)C)CCO1. The van der Waals surface area contributed by atoms with E-state index in [1.54, 1.807) is 0 Å². The molecule has 0 radical (unpaired) electrons. The largest absolute Gasteiger partial charge is 0.367 e. The van der Waals surface area contributed by atoms with E-state index in [2.05, 4.69) is 0 Å². The molecule has 1 aliphatic heterocycles. The van der Waals surface area contributed by atoms with Gasteiger partial charge in [-0.25, -0.2) is 0 Å². The number of ether oxygens (including phenoxy) is 1. The first-order valence-electron chi connectivity index (χ1n) is 4.30. The molecule has 2 heteroatoms. The average Bonchev–Trinajstić information content (AvgIpc) is 1.86. The van der Waals surface area contributed by atoms with E-state index in [4.69, 9.17) is 4.74 Å². The lowest BCUT2D eigenvalue weighted by molar-refractivity contribution is -0.178. The predicted octanol–water partition coefficient (Wildman–Crippen LogP) is 1.78. The zero-order valence-corrected chi connectivity index (χ0v) is 7.52. The molecule has 0 amide bonds. The maximum Gasteiger partial charge on any atom is 0.167 e. The smallest absolute Gasteiger partial charge is 0.167 e. The van der Waals surface area contributed by atoms with Crippen LogP contribution in [0.4, 0.5) is 0 Å². The standard InChI is InChI=1S/C9H16O2/c1-4-9(5-6-11-9)8(10)7(2)3/h7H,4-6H2,1-3H3. The molecule has 0 aromatic heterocycles. The monoisotopic (exact) mass is 156 g/mol. The highest BCUT2D eigenvalue weighted by Crippen LogP contribution is 2.33. The third-order valence-corrected chi connectivity index (χ3v) is 2.43. The first-order chi connectivity index (χ1) is 5.12. The van der Waals surface area contributed by atoms with Crippen molar-refractivity contribution in [3.8, 4) is 0 Å². The van der Waals surface area contributed by atoms with Crippen molar-refractivity contribution in [2.24, 2.45) is 5.92 Å². The molecule has 0 aromatic carbocycles. The van der Waals surface area contributed by atoms with Crippen LogP contribution in [-0.4, -0.2) is 18.0 Å². The molecule has 1 unspecified atom stereocenters. The molecule has 64 valence electrons. The van der Waals surface area contributed by atoms with Gasteiger partial charge in [-0.1, -0.05) is 20.8 Å². The molecule has 1 aliphatic rings. The fourth-order valence-electron chi connectivity index (χ4n) is 1.52. The number of hydrogen-bond donors (Lipinski definition) is 0. The zero-order chi connectivity index (χ0) is 8.48. The van der Waals surface area contributed by atoms with Crippen molar-refractivity contribution in [3.63, 3.8) is 0 Å². The minimum atomic E-state index is -0.395. The second kappa shape index (κ2) is 2.94. The number of carbonyl (C=O) groups excluding carboxylic acids is 1. The van der Waals surface area contributed by atoms with Gasteiger partial charge in [0.25, 0.3) is 0 Å². The normalized spacial score (nSPS) is 30.2. The summed E-state index contributed by atoms with van der Waals surface area (Å²) in [6, 6.07) is 0. The summed E-state index contributed by atoms with van der Waals surface area (Å²) in [5, 5.41) is 0. The first kappa shape index (κ1) is 8.72. The minimum absolute atomic E-state index is 0.107. The molecule has 1 rings (SSSR count). The minimum Gasteiger partial charge on any atom is -0.367 e. The highest BCUT2D eigenvalue weighted by molar-refractivity contribution is 5.89. The Hall–Kier alpha value is -0.370. The van der Waals surface area contributed by atoms with Gasteiger partial charge in [-0.05, 0) is 6.42 Å². The third-order valence-electron chi connectivity index (χ3n) is 2.43. The van der Waals surface area contributed by atoms with Crippen LogP contribution in [0.1, 0.15) is 33.6 Å². The molecule has 0 spiro atoms. The lowest BCUT2D eigenvalue weighted by Crippen LogP contribution is -2.51. The van der Waals surface area contributed by atoms with Crippen molar-refractivity contribution in [2.75, 3.05) is 6.61 Å². The fourth-order valence-corrected chi connectivity index (χ4v) is 1.52. The van der Waals surface area contributed by atoms with E-state index in [9.17, 15) is 4.79 Å². The molecule has 0 bridgehead atoms. The van der Waals surface area contributed by atoms with Gasteiger partial charge >= 0.3 is 0 Å². The molecule has 11 heavy (non-hydrogen) atoms. The van der Waals surface area contributed by atoms with E-state index in [0.717, 1.165) is 19.4 Å². The Kier molecular flexibility index (Phi) is 2.33. The van der Waals surface area contributed by atoms with Crippen LogP contribution in [0.2, 0.25) is 0 Å². The maximum absolute atomic E-state index is 11.6. The van der Waals surface area contributed by atoms with E-state index in [1.165, 1.54) is 0 Å². The van der Waals surface area contributed by atoms with Gasteiger partial charge in [0.1, 0.15) is 5.60 Å². The van der Waals surface area contributed by atoms with Gasteiger partial charge in [0.15, 0.2) is 5.78 Å². The van der Waals surface area contributed by atoms with Gasteiger partial charge < -0.3 is 4.74 Å². The summed E-state index contributed by atoms with van der Waals surface area (Å²) in [6.07, 6.45) is 1.74. The first-order valence-corrected chi connectivity index (χ1v) is 4.30. The number of rotatable bonds is 3. The topological polar surface area (TPSA) is 26.3 Å². The Morgan fingerprint density at radius 1 is 1.64 bits per heavy atom. The molecule has 1 saturated heterocycles. The number of carbonyl (C=O) groups is 1. The van der Waals surface area contributed by atoms with Crippen LogP contribution in [0.3, 0.4) is 0 Å². The third kappa shape index (κ3) is 1.32. The fraction of sp³-hybridized carbons (Fsp3) is 0.889. The Bertz CT molecular complexity index is 151. The molecular weight excluding hydrogens is 140 g/mol. The molecule has 1 heterocycles. The van der Waals surface area contributed by atoms with Crippen molar-refractivity contribution in [1.82, 2.24) is 0 Å². The lowest BCUT2D eigenvalue weighted by Gasteiger charge is -2.40. The van der Waals surface area contributed by atoms with Crippen molar-refractivity contribution >= 4 is 5.78 Å². The van der Waals surface area contributed by atoms with E-state index < -0.39 is 5.60 Å². The second-order valence-electron chi connectivity index (χ2n) is 3.47. The summed E-state index contributed by atoms with van der Waals surface area (Å²) in [7, 11) is 0. The van der Waals surface area contributed by atoms with E-state index in [0.29, 0.717) is 0 Å². The van der Waals surface area contributed by atoms with Gasteiger partial charge in [0, 0.05) is 12.3 Å².